The zero-order valence-electron chi connectivity index (χ0n) is 6.22. The fraction of sp³-hybridized carbons (Fsp3) is 1.00. The van der Waals surface area contributed by atoms with Crippen LogP contribution in [0.3, 0.4) is 0 Å². The minimum Gasteiger partial charge on any atom is -0.300 e. The standard InChI is InChI=1S/C8H14IN/c9-7-3-5-10-4-1-2-8(10)6-7/h7-8H,1-6H2. The Morgan fingerprint density at radius 1 is 1.20 bits per heavy atom. The summed E-state index contributed by atoms with van der Waals surface area (Å²) in [6.07, 6.45) is 5.81. The molecule has 2 aliphatic rings. The number of nitrogens with zero attached hydrogens (tertiary/aromatic N) is 1. The van der Waals surface area contributed by atoms with Crippen molar-refractivity contribution >= 4 is 22.6 Å². The number of piperidine rings is 1. The molecule has 0 N–H and O–H groups in total. The van der Waals surface area contributed by atoms with Gasteiger partial charge in [-0.1, -0.05) is 22.6 Å². The summed E-state index contributed by atoms with van der Waals surface area (Å²) >= 11 is 2.61. The molecular formula is C8H14IN. The summed E-state index contributed by atoms with van der Waals surface area (Å²) in [5.41, 5.74) is 0. The summed E-state index contributed by atoms with van der Waals surface area (Å²) in [5.74, 6) is 0. The molecule has 10 heavy (non-hydrogen) atoms. The van der Waals surface area contributed by atoms with Gasteiger partial charge in [-0.25, -0.2) is 0 Å². The first-order valence-electron chi connectivity index (χ1n) is 4.24. The predicted molar refractivity (Wildman–Crippen MR) is 51.6 cm³/mol. The molecule has 0 amide bonds. The Hall–Kier alpha value is 0.690. The lowest BCUT2D eigenvalue weighted by Crippen LogP contribution is -2.38. The second kappa shape index (κ2) is 2.97. The number of hydrogen-bond donors (Lipinski definition) is 0. The van der Waals surface area contributed by atoms with Gasteiger partial charge >= 0.3 is 0 Å². The summed E-state index contributed by atoms with van der Waals surface area (Å²) in [4.78, 5) is 2.68. The van der Waals surface area contributed by atoms with E-state index in [4.69, 9.17) is 0 Å². The predicted octanol–water partition coefficient (Wildman–Crippen LogP) is 2.05. The Bertz CT molecular complexity index is 126. The highest BCUT2D eigenvalue weighted by atomic mass is 127. The van der Waals surface area contributed by atoms with Crippen LogP contribution in [0.25, 0.3) is 0 Å². The highest BCUT2D eigenvalue weighted by Crippen LogP contribution is 2.30. The molecule has 2 rings (SSSR count). The highest BCUT2D eigenvalue weighted by Gasteiger charge is 2.30. The van der Waals surface area contributed by atoms with E-state index < -0.39 is 0 Å². The molecule has 0 bridgehead atoms. The van der Waals surface area contributed by atoms with Crippen LogP contribution in [-0.2, 0) is 0 Å². The van der Waals surface area contributed by atoms with Crippen molar-refractivity contribution in [3.05, 3.63) is 0 Å². The first kappa shape index (κ1) is 7.35. The zero-order chi connectivity index (χ0) is 6.97. The summed E-state index contributed by atoms with van der Waals surface area (Å²) in [7, 11) is 0. The van der Waals surface area contributed by atoms with Crippen LogP contribution in [0.15, 0.2) is 0 Å². The van der Waals surface area contributed by atoms with Gasteiger partial charge in [-0.15, -0.1) is 0 Å². The average Bonchev–Trinajstić information content (AvgIpc) is 2.33. The second-order valence-corrected chi connectivity index (χ2v) is 5.22. The molecule has 2 unspecified atom stereocenters. The van der Waals surface area contributed by atoms with E-state index in [9.17, 15) is 0 Å². The van der Waals surface area contributed by atoms with E-state index in [0.717, 1.165) is 9.97 Å². The van der Waals surface area contributed by atoms with Gasteiger partial charge in [0.2, 0.25) is 0 Å². The van der Waals surface area contributed by atoms with Crippen LogP contribution in [0.1, 0.15) is 25.7 Å². The summed E-state index contributed by atoms with van der Waals surface area (Å²) in [5, 5.41) is 0. The van der Waals surface area contributed by atoms with Crippen LogP contribution >= 0.6 is 22.6 Å². The van der Waals surface area contributed by atoms with E-state index >= 15 is 0 Å². The monoisotopic (exact) mass is 251 g/mol. The molecule has 0 aromatic heterocycles. The minimum absolute atomic E-state index is 0.968. The van der Waals surface area contributed by atoms with Crippen LogP contribution in [0.4, 0.5) is 0 Å². The van der Waals surface area contributed by atoms with Gasteiger partial charge in [0.1, 0.15) is 0 Å². The Morgan fingerprint density at radius 2 is 2.10 bits per heavy atom. The third-order valence-corrected chi connectivity index (χ3v) is 3.89. The summed E-state index contributed by atoms with van der Waals surface area (Å²) in [6.45, 7) is 2.76. The molecule has 2 heteroatoms. The van der Waals surface area contributed by atoms with E-state index in [0.29, 0.717) is 0 Å². The zero-order valence-corrected chi connectivity index (χ0v) is 8.38. The Balaban J connectivity index is 1.96. The largest absolute Gasteiger partial charge is 0.300 e. The average molecular weight is 251 g/mol. The van der Waals surface area contributed by atoms with Crippen molar-refractivity contribution in [2.75, 3.05) is 13.1 Å². The molecule has 2 fully saturated rings. The third-order valence-electron chi connectivity index (χ3n) is 2.76. The molecule has 0 aliphatic carbocycles. The number of alkyl halides is 1. The smallest absolute Gasteiger partial charge is 0.0137 e. The first-order chi connectivity index (χ1) is 4.86. The van der Waals surface area contributed by atoms with Crippen LogP contribution in [0, 0.1) is 0 Å². The molecule has 2 atom stereocenters. The lowest BCUT2D eigenvalue weighted by molar-refractivity contribution is 0.206. The number of rotatable bonds is 0. The van der Waals surface area contributed by atoms with Crippen molar-refractivity contribution in [1.29, 1.82) is 0 Å². The van der Waals surface area contributed by atoms with Crippen molar-refractivity contribution in [2.24, 2.45) is 0 Å². The van der Waals surface area contributed by atoms with Crippen LogP contribution < -0.4 is 0 Å². The topological polar surface area (TPSA) is 3.24 Å². The number of hydrogen-bond acceptors (Lipinski definition) is 1. The molecule has 0 aromatic carbocycles. The Morgan fingerprint density at radius 3 is 3.00 bits per heavy atom. The van der Waals surface area contributed by atoms with Gasteiger partial charge in [0.25, 0.3) is 0 Å². The van der Waals surface area contributed by atoms with E-state index in [2.05, 4.69) is 27.5 Å². The molecule has 0 radical (unpaired) electrons. The molecule has 0 saturated carbocycles. The Labute approximate surface area is 76.3 Å². The molecular weight excluding hydrogens is 237 g/mol. The maximum absolute atomic E-state index is 2.68. The summed E-state index contributed by atoms with van der Waals surface area (Å²) < 4.78 is 0.969. The van der Waals surface area contributed by atoms with Gasteiger partial charge in [-0.3, -0.25) is 0 Å². The summed E-state index contributed by atoms with van der Waals surface area (Å²) in [6, 6.07) is 0.968. The maximum Gasteiger partial charge on any atom is 0.0137 e. The maximum atomic E-state index is 2.68. The van der Waals surface area contributed by atoms with Gasteiger partial charge in [-0.05, 0) is 38.8 Å². The first-order valence-corrected chi connectivity index (χ1v) is 5.49. The molecule has 58 valence electrons. The lowest BCUT2D eigenvalue weighted by atomic mass is 10.0. The molecule has 0 spiro atoms. The molecule has 2 heterocycles. The normalized spacial score (nSPS) is 41.7. The van der Waals surface area contributed by atoms with Gasteiger partial charge in [0.05, 0.1) is 0 Å². The van der Waals surface area contributed by atoms with Gasteiger partial charge in [0.15, 0.2) is 0 Å². The van der Waals surface area contributed by atoms with Crippen molar-refractivity contribution in [1.82, 2.24) is 4.90 Å². The van der Waals surface area contributed by atoms with E-state index in [1.807, 2.05) is 0 Å². The van der Waals surface area contributed by atoms with E-state index in [1.165, 1.54) is 38.8 Å². The van der Waals surface area contributed by atoms with Crippen molar-refractivity contribution in [3.8, 4) is 0 Å². The van der Waals surface area contributed by atoms with E-state index in [1.54, 1.807) is 0 Å². The van der Waals surface area contributed by atoms with Crippen LogP contribution in [0.2, 0.25) is 0 Å². The van der Waals surface area contributed by atoms with E-state index in [-0.39, 0.29) is 0 Å². The molecule has 2 aliphatic heterocycles. The van der Waals surface area contributed by atoms with Gasteiger partial charge in [0, 0.05) is 9.97 Å². The van der Waals surface area contributed by atoms with Crippen molar-refractivity contribution in [2.45, 2.75) is 35.6 Å². The fourth-order valence-electron chi connectivity index (χ4n) is 2.18. The van der Waals surface area contributed by atoms with Crippen LogP contribution in [-0.4, -0.2) is 28.0 Å². The molecule has 1 nitrogen and oxygen atoms in total. The Kier molecular flexibility index (Phi) is 2.18. The van der Waals surface area contributed by atoms with Crippen LogP contribution in [0.5, 0.6) is 0 Å². The fourth-order valence-corrected chi connectivity index (χ4v) is 3.04. The highest BCUT2D eigenvalue weighted by molar-refractivity contribution is 14.1. The van der Waals surface area contributed by atoms with Crippen molar-refractivity contribution < 1.29 is 0 Å². The quantitative estimate of drug-likeness (QED) is 0.470. The lowest BCUT2D eigenvalue weighted by Gasteiger charge is -2.32. The van der Waals surface area contributed by atoms with Gasteiger partial charge in [-0.2, -0.15) is 0 Å². The number of halogens is 1. The molecule has 0 aromatic rings. The number of fused-ring (bicyclic) bond motifs is 1. The van der Waals surface area contributed by atoms with Gasteiger partial charge < -0.3 is 4.90 Å². The third kappa shape index (κ3) is 1.33. The molecule has 2 saturated heterocycles. The van der Waals surface area contributed by atoms with Crippen molar-refractivity contribution in [3.63, 3.8) is 0 Å². The second-order valence-electron chi connectivity index (χ2n) is 3.45. The SMILES string of the molecule is IC1CCN2CCCC2C1. The minimum atomic E-state index is 0.968.